The predicted octanol–water partition coefficient (Wildman–Crippen LogP) is 3.70. The molecule has 8 heteroatoms. The summed E-state index contributed by atoms with van der Waals surface area (Å²) in [5.74, 6) is -1.31. The number of aryl methyl sites for hydroxylation is 2. The van der Waals surface area contributed by atoms with Crippen molar-refractivity contribution in [1.82, 2.24) is 14.8 Å². The molecular formula is C18H18N4O2S2. The first kappa shape index (κ1) is 18.3. The first-order chi connectivity index (χ1) is 12.4. The predicted molar refractivity (Wildman–Crippen MR) is 105 cm³/mol. The molecule has 1 amide bonds. The van der Waals surface area contributed by atoms with Crippen LogP contribution < -0.4 is 5.32 Å². The van der Waals surface area contributed by atoms with Crippen LogP contribution in [-0.4, -0.2) is 32.7 Å². The molecule has 0 fully saturated rings. The lowest BCUT2D eigenvalue weighted by Crippen LogP contribution is -2.23. The van der Waals surface area contributed by atoms with Gasteiger partial charge in [-0.05, 0) is 32.2 Å². The first-order valence-corrected chi connectivity index (χ1v) is 9.97. The summed E-state index contributed by atoms with van der Waals surface area (Å²) in [5.41, 5.74) is 3.27. The van der Waals surface area contributed by atoms with Crippen LogP contribution in [0.4, 0.5) is 5.13 Å². The van der Waals surface area contributed by atoms with E-state index in [0.717, 1.165) is 11.3 Å². The number of thioether (sulfide) groups is 1. The van der Waals surface area contributed by atoms with E-state index in [0.29, 0.717) is 22.1 Å². The summed E-state index contributed by atoms with van der Waals surface area (Å²) in [6.07, 6.45) is 2.02. The topological polar surface area (TPSA) is 76.9 Å². The standard InChI is InChI=1S/C18H18N4O2S2/c1-10-15(11(2)22(3)21-10)16(23)17(24)20-18-19-14(9-26-18)12-5-7-13(25-4)8-6-12/h5-9H,1-4H3,(H,19,20,24). The van der Waals surface area contributed by atoms with Crippen molar-refractivity contribution in [2.45, 2.75) is 18.7 Å². The van der Waals surface area contributed by atoms with Crippen molar-refractivity contribution in [3.8, 4) is 11.3 Å². The fourth-order valence-electron chi connectivity index (χ4n) is 2.60. The monoisotopic (exact) mass is 386 g/mol. The molecule has 0 aliphatic heterocycles. The van der Waals surface area contributed by atoms with Crippen molar-refractivity contribution >= 4 is 39.9 Å². The van der Waals surface area contributed by atoms with Gasteiger partial charge >= 0.3 is 0 Å². The molecule has 0 spiro atoms. The summed E-state index contributed by atoms with van der Waals surface area (Å²) < 4.78 is 1.59. The Hall–Kier alpha value is -2.45. The molecule has 1 aromatic carbocycles. The van der Waals surface area contributed by atoms with Crippen molar-refractivity contribution < 1.29 is 9.59 Å². The third-order valence-corrected chi connectivity index (χ3v) is 5.55. The second-order valence-corrected chi connectivity index (χ2v) is 7.46. The molecule has 6 nitrogen and oxygen atoms in total. The quantitative estimate of drug-likeness (QED) is 0.411. The molecule has 0 bridgehead atoms. The smallest absolute Gasteiger partial charge is 0.295 e. The fourth-order valence-corrected chi connectivity index (χ4v) is 3.72. The molecule has 0 atom stereocenters. The number of hydrogen-bond donors (Lipinski definition) is 1. The van der Waals surface area contributed by atoms with E-state index in [1.54, 1.807) is 37.3 Å². The third kappa shape index (κ3) is 3.56. The summed E-state index contributed by atoms with van der Waals surface area (Å²) in [5, 5.41) is 9.03. The van der Waals surface area contributed by atoms with E-state index in [2.05, 4.69) is 15.4 Å². The number of carbonyl (C=O) groups is 2. The molecule has 134 valence electrons. The summed E-state index contributed by atoms with van der Waals surface area (Å²) >= 11 is 2.96. The molecule has 26 heavy (non-hydrogen) atoms. The molecule has 2 heterocycles. The van der Waals surface area contributed by atoms with Gasteiger partial charge in [-0.2, -0.15) is 5.10 Å². The largest absolute Gasteiger partial charge is 0.298 e. The molecule has 0 unspecified atom stereocenters. The zero-order valence-corrected chi connectivity index (χ0v) is 16.5. The van der Waals surface area contributed by atoms with Gasteiger partial charge in [0.15, 0.2) is 5.13 Å². The molecule has 1 N–H and O–H groups in total. The van der Waals surface area contributed by atoms with E-state index < -0.39 is 11.7 Å². The highest BCUT2D eigenvalue weighted by Gasteiger charge is 2.24. The number of benzene rings is 1. The maximum absolute atomic E-state index is 12.5. The van der Waals surface area contributed by atoms with Crippen LogP contribution in [0.1, 0.15) is 21.7 Å². The zero-order chi connectivity index (χ0) is 18.8. The van der Waals surface area contributed by atoms with Crippen LogP contribution in [0.3, 0.4) is 0 Å². The van der Waals surface area contributed by atoms with Gasteiger partial charge in [-0.1, -0.05) is 12.1 Å². The Balaban J connectivity index is 1.76. The number of rotatable bonds is 5. The number of aromatic nitrogens is 3. The van der Waals surface area contributed by atoms with E-state index in [1.807, 2.05) is 35.9 Å². The second kappa shape index (κ2) is 7.43. The minimum atomic E-state index is -0.706. The van der Waals surface area contributed by atoms with Crippen LogP contribution in [0.5, 0.6) is 0 Å². The highest BCUT2D eigenvalue weighted by molar-refractivity contribution is 7.98. The number of amides is 1. The molecule has 0 aliphatic rings. The van der Waals surface area contributed by atoms with Gasteiger partial charge in [-0.3, -0.25) is 19.6 Å². The number of hydrogen-bond acceptors (Lipinski definition) is 6. The Labute approximate surface area is 159 Å². The molecule has 2 aromatic heterocycles. The van der Waals surface area contributed by atoms with Crippen molar-refractivity contribution in [3.05, 3.63) is 46.6 Å². The maximum atomic E-state index is 12.5. The summed E-state index contributed by atoms with van der Waals surface area (Å²) in [4.78, 5) is 30.4. The van der Waals surface area contributed by atoms with E-state index in [-0.39, 0.29) is 0 Å². The van der Waals surface area contributed by atoms with Gasteiger partial charge in [0.2, 0.25) is 0 Å². The molecule has 0 radical (unpaired) electrons. The fraction of sp³-hybridized carbons (Fsp3) is 0.222. The Morgan fingerprint density at radius 2 is 1.88 bits per heavy atom. The number of Topliss-reactive ketones (excluding diaryl/α,β-unsaturated/α-hetero) is 1. The minimum absolute atomic E-state index is 0.342. The van der Waals surface area contributed by atoms with Gasteiger partial charge < -0.3 is 0 Å². The molecule has 0 saturated carbocycles. The van der Waals surface area contributed by atoms with E-state index in [9.17, 15) is 9.59 Å². The number of carbonyl (C=O) groups excluding carboxylic acids is 2. The third-order valence-electron chi connectivity index (χ3n) is 4.05. The normalized spacial score (nSPS) is 10.8. The lowest BCUT2D eigenvalue weighted by Gasteiger charge is -2.02. The van der Waals surface area contributed by atoms with Crippen molar-refractivity contribution in [1.29, 1.82) is 0 Å². The SMILES string of the molecule is CSc1ccc(-c2csc(NC(=O)C(=O)c3c(C)nn(C)c3C)n2)cc1. The Morgan fingerprint density at radius 3 is 2.46 bits per heavy atom. The second-order valence-electron chi connectivity index (χ2n) is 5.72. The van der Waals surface area contributed by atoms with Gasteiger partial charge in [0.1, 0.15) is 0 Å². The highest BCUT2D eigenvalue weighted by atomic mass is 32.2. The highest BCUT2D eigenvalue weighted by Crippen LogP contribution is 2.27. The molecule has 3 aromatic rings. The Morgan fingerprint density at radius 1 is 1.19 bits per heavy atom. The number of nitrogens with one attached hydrogen (secondary N) is 1. The zero-order valence-electron chi connectivity index (χ0n) is 14.9. The van der Waals surface area contributed by atoms with E-state index in [4.69, 9.17) is 0 Å². The molecule has 3 rings (SSSR count). The molecular weight excluding hydrogens is 368 g/mol. The molecule has 0 saturated heterocycles. The van der Waals surface area contributed by atoms with Gasteiger partial charge in [0.05, 0.1) is 17.0 Å². The van der Waals surface area contributed by atoms with Gasteiger partial charge in [0, 0.05) is 28.6 Å². The lowest BCUT2D eigenvalue weighted by atomic mass is 10.1. The van der Waals surface area contributed by atoms with Crippen LogP contribution in [-0.2, 0) is 11.8 Å². The Kier molecular flexibility index (Phi) is 5.24. The summed E-state index contributed by atoms with van der Waals surface area (Å²) in [7, 11) is 1.74. The lowest BCUT2D eigenvalue weighted by molar-refractivity contribution is -0.112. The number of thiazole rings is 1. The number of anilines is 1. The van der Waals surface area contributed by atoms with Crippen LogP contribution in [0.25, 0.3) is 11.3 Å². The van der Waals surface area contributed by atoms with Gasteiger partial charge in [0.25, 0.3) is 11.7 Å². The van der Waals surface area contributed by atoms with Crippen molar-refractivity contribution in [2.24, 2.45) is 7.05 Å². The number of ketones is 1. The average Bonchev–Trinajstić information content (AvgIpc) is 3.19. The first-order valence-electron chi connectivity index (χ1n) is 7.86. The van der Waals surface area contributed by atoms with Gasteiger partial charge in [-0.15, -0.1) is 23.1 Å². The van der Waals surface area contributed by atoms with Crippen LogP contribution in [0.15, 0.2) is 34.5 Å². The van der Waals surface area contributed by atoms with Crippen molar-refractivity contribution in [2.75, 3.05) is 11.6 Å². The molecule has 0 aliphatic carbocycles. The average molecular weight is 387 g/mol. The van der Waals surface area contributed by atoms with Crippen LogP contribution >= 0.6 is 23.1 Å². The van der Waals surface area contributed by atoms with Crippen LogP contribution in [0, 0.1) is 13.8 Å². The van der Waals surface area contributed by atoms with E-state index in [1.165, 1.54) is 16.2 Å². The summed E-state index contributed by atoms with van der Waals surface area (Å²) in [6, 6.07) is 8.02. The van der Waals surface area contributed by atoms with Crippen molar-refractivity contribution in [3.63, 3.8) is 0 Å². The summed E-state index contributed by atoms with van der Waals surface area (Å²) in [6.45, 7) is 3.48. The Bertz CT molecular complexity index is 974. The van der Waals surface area contributed by atoms with E-state index >= 15 is 0 Å². The van der Waals surface area contributed by atoms with Gasteiger partial charge in [-0.25, -0.2) is 4.98 Å². The minimum Gasteiger partial charge on any atom is -0.295 e. The maximum Gasteiger partial charge on any atom is 0.298 e. The number of nitrogens with zero attached hydrogens (tertiary/aromatic N) is 3. The van der Waals surface area contributed by atoms with Crippen LogP contribution in [0.2, 0.25) is 0 Å².